The summed E-state index contributed by atoms with van der Waals surface area (Å²) in [6, 6.07) is 13.8. The Morgan fingerprint density at radius 2 is 1.23 bits per heavy atom. The molecule has 0 saturated carbocycles. The average molecular weight is 286 g/mol. The van der Waals surface area contributed by atoms with E-state index in [9.17, 15) is 0 Å². The highest BCUT2D eigenvalue weighted by atomic mass is 14.4. The second-order valence-electron chi connectivity index (χ2n) is 6.70. The van der Waals surface area contributed by atoms with Gasteiger partial charge in [0.15, 0.2) is 0 Å². The van der Waals surface area contributed by atoms with Gasteiger partial charge in [0.25, 0.3) is 0 Å². The summed E-state index contributed by atoms with van der Waals surface area (Å²) in [6.07, 6.45) is 13.2. The van der Waals surface area contributed by atoms with Crippen LogP contribution < -0.4 is 0 Å². The molecule has 2 aromatic carbocycles. The van der Waals surface area contributed by atoms with Crippen molar-refractivity contribution in [3.05, 3.63) is 83.0 Å². The Morgan fingerprint density at radius 1 is 0.727 bits per heavy atom. The predicted molar refractivity (Wildman–Crippen MR) is 94.3 cm³/mol. The molecule has 0 nitrogen and oxygen atoms in total. The van der Waals surface area contributed by atoms with E-state index >= 15 is 0 Å². The molecule has 0 heteroatoms. The molecule has 22 heavy (non-hydrogen) atoms. The van der Waals surface area contributed by atoms with Gasteiger partial charge in [-0.2, -0.15) is 0 Å². The topological polar surface area (TPSA) is 0 Å². The number of aryl methyl sites for hydroxylation is 2. The van der Waals surface area contributed by atoms with Crippen molar-refractivity contribution >= 4 is 0 Å². The number of fused-ring (bicyclic) bond motifs is 5. The normalized spacial score (nSPS) is 19.4. The molecule has 0 unspecified atom stereocenters. The monoisotopic (exact) mass is 286 g/mol. The maximum Gasteiger partial charge on any atom is 0.0575 e. The predicted octanol–water partition coefficient (Wildman–Crippen LogP) is 5.87. The lowest BCUT2D eigenvalue weighted by molar-refractivity contribution is 0.781. The van der Waals surface area contributed by atoms with Crippen molar-refractivity contribution in [2.75, 3.05) is 0 Å². The Balaban J connectivity index is 2.07. The second-order valence-corrected chi connectivity index (χ2v) is 6.70. The van der Waals surface area contributed by atoms with Gasteiger partial charge in [-0.15, -0.1) is 0 Å². The van der Waals surface area contributed by atoms with Gasteiger partial charge in [0.2, 0.25) is 0 Å². The first-order valence-electron chi connectivity index (χ1n) is 8.29. The summed E-state index contributed by atoms with van der Waals surface area (Å²) in [5.74, 6) is 0. The van der Waals surface area contributed by atoms with E-state index in [1.165, 1.54) is 52.6 Å². The van der Waals surface area contributed by atoms with Crippen LogP contribution in [0.1, 0.15) is 41.5 Å². The zero-order valence-electron chi connectivity index (χ0n) is 13.4. The molecule has 0 atom stereocenters. The second kappa shape index (κ2) is 4.98. The molecule has 0 heterocycles. The molecule has 0 aromatic heterocycles. The van der Waals surface area contributed by atoms with Crippen molar-refractivity contribution in [3.8, 4) is 11.1 Å². The van der Waals surface area contributed by atoms with Crippen molar-refractivity contribution in [1.29, 1.82) is 0 Å². The molecule has 110 valence electrons. The summed E-state index contributed by atoms with van der Waals surface area (Å²) in [5, 5.41) is 0. The Kier molecular flexibility index (Phi) is 3.07. The highest BCUT2D eigenvalue weighted by Crippen LogP contribution is 2.51. The van der Waals surface area contributed by atoms with Crippen LogP contribution in [-0.2, 0) is 5.41 Å². The summed E-state index contributed by atoms with van der Waals surface area (Å²) in [7, 11) is 0. The van der Waals surface area contributed by atoms with Crippen LogP contribution in [0.15, 0.2) is 60.7 Å². The average Bonchev–Trinajstić information content (AvgIpc) is 2.73. The first-order valence-corrected chi connectivity index (χ1v) is 8.29. The van der Waals surface area contributed by atoms with E-state index in [1.807, 2.05) is 0 Å². The highest BCUT2D eigenvalue weighted by Gasteiger charge is 2.39. The minimum Gasteiger partial charge on any atom is -0.0870 e. The molecule has 2 aliphatic rings. The smallest absolute Gasteiger partial charge is 0.0575 e. The molecule has 0 fully saturated rings. The number of allylic oxidation sites excluding steroid dienone is 4. The minimum atomic E-state index is -0.0663. The van der Waals surface area contributed by atoms with Gasteiger partial charge in [0, 0.05) is 0 Å². The molecule has 0 radical (unpaired) electrons. The molecule has 0 amide bonds. The Morgan fingerprint density at radius 3 is 1.73 bits per heavy atom. The lowest BCUT2D eigenvalue weighted by Gasteiger charge is -2.27. The zero-order chi connectivity index (χ0) is 15.2. The third kappa shape index (κ3) is 1.90. The molecule has 0 aliphatic heterocycles. The van der Waals surface area contributed by atoms with Gasteiger partial charge in [-0.05, 0) is 55.4 Å². The van der Waals surface area contributed by atoms with Gasteiger partial charge in [-0.3, -0.25) is 0 Å². The number of hydrogen-bond acceptors (Lipinski definition) is 0. The van der Waals surface area contributed by atoms with Crippen LogP contribution in [0.25, 0.3) is 11.1 Å². The van der Waals surface area contributed by atoms with Gasteiger partial charge in [-0.25, -0.2) is 0 Å². The highest BCUT2D eigenvalue weighted by molar-refractivity contribution is 5.84. The van der Waals surface area contributed by atoms with Crippen LogP contribution in [0.4, 0.5) is 0 Å². The van der Waals surface area contributed by atoms with Gasteiger partial charge in [0.1, 0.15) is 0 Å². The largest absolute Gasteiger partial charge is 0.0870 e. The standard InChI is InChI=1S/C22H22/c1-16-8-10-18-19-11-9-17(2)15-21(19)22(20(18)14-16)12-6-4-3-5-7-13-22/h6-15H,3-5H2,1-2H3/b12-6-,13-7?. The van der Waals surface area contributed by atoms with E-state index in [4.69, 9.17) is 0 Å². The van der Waals surface area contributed by atoms with E-state index in [-0.39, 0.29) is 5.41 Å². The van der Waals surface area contributed by atoms with Crippen molar-refractivity contribution in [2.24, 2.45) is 0 Å². The Labute approximate surface area is 133 Å². The van der Waals surface area contributed by atoms with Gasteiger partial charge in [0.05, 0.1) is 5.41 Å². The quantitative estimate of drug-likeness (QED) is 0.532. The lowest BCUT2D eigenvalue weighted by Crippen LogP contribution is -2.20. The Hall–Kier alpha value is -2.08. The van der Waals surface area contributed by atoms with E-state index in [0.717, 1.165) is 0 Å². The third-order valence-corrected chi connectivity index (χ3v) is 5.03. The summed E-state index contributed by atoms with van der Waals surface area (Å²) < 4.78 is 0. The molecular weight excluding hydrogens is 264 g/mol. The molecule has 2 aliphatic carbocycles. The van der Waals surface area contributed by atoms with Crippen molar-refractivity contribution in [2.45, 2.75) is 38.5 Å². The third-order valence-electron chi connectivity index (χ3n) is 5.03. The first kappa shape index (κ1) is 13.6. The van der Waals surface area contributed by atoms with Crippen molar-refractivity contribution in [3.63, 3.8) is 0 Å². The zero-order valence-corrected chi connectivity index (χ0v) is 13.4. The molecule has 4 rings (SSSR count). The molecule has 2 aromatic rings. The number of hydrogen-bond donors (Lipinski definition) is 0. The van der Waals surface area contributed by atoms with Crippen LogP contribution in [-0.4, -0.2) is 0 Å². The summed E-state index contributed by atoms with van der Waals surface area (Å²) >= 11 is 0. The van der Waals surface area contributed by atoms with Crippen molar-refractivity contribution in [1.82, 2.24) is 0 Å². The fourth-order valence-electron chi connectivity index (χ4n) is 3.92. The first-order chi connectivity index (χ1) is 10.7. The number of benzene rings is 2. The van der Waals surface area contributed by atoms with Gasteiger partial charge < -0.3 is 0 Å². The summed E-state index contributed by atoms with van der Waals surface area (Å²) in [5.41, 5.74) is 8.30. The molecule has 0 bridgehead atoms. The molecule has 0 saturated heterocycles. The SMILES string of the molecule is Cc1ccc2c(c1)C1(C=CCCC/C=C\1)c1cc(C)ccc1-2. The maximum atomic E-state index is 2.44. The molecule has 1 spiro atoms. The minimum absolute atomic E-state index is 0.0663. The maximum absolute atomic E-state index is 2.44. The number of rotatable bonds is 0. The van der Waals surface area contributed by atoms with Crippen LogP contribution in [0.3, 0.4) is 0 Å². The van der Waals surface area contributed by atoms with Gasteiger partial charge >= 0.3 is 0 Å². The van der Waals surface area contributed by atoms with Crippen LogP contribution >= 0.6 is 0 Å². The Bertz CT molecular complexity index is 722. The molecule has 0 N–H and O–H groups in total. The fraction of sp³-hybridized carbons (Fsp3) is 0.273. The van der Waals surface area contributed by atoms with E-state index in [2.05, 4.69) is 74.5 Å². The van der Waals surface area contributed by atoms with Crippen LogP contribution in [0.5, 0.6) is 0 Å². The summed E-state index contributed by atoms with van der Waals surface area (Å²) in [6.45, 7) is 4.39. The molecular formula is C22H22. The van der Waals surface area contributed by atoms with E-state index in [1.54, 1.807) is 0 Å². The summed E-state index contributed by atoms with van der Waals surface area (Å²) in [4.78, 5) is 0. The van der Waals surface area contributed by atoms with Crippen LogP contribution in [0.2, 0.25) is 0 Å². The van der Waals surface area contributed by atoms with Crippen molar-refractivity contribution < 1.29 is 0 Å². The van der Waals surface area contributed by atoms with Crippen LogP contribution in [0, 0.1) is 13.8 Å². The van der Waals surface area contributed by atoms with Gasteiger partial charge in [-0.1, -0.05) is 71.8 Å². The lowest BCUT2D eigenvalue weighted by atomic mass is 9.76. The fourth-order valence-corrected chi connectivity index (χ4v) is 3.92. The van der Waals surface area contributed by atoms with E-state index < -0.39 is 0 Å². The van der Waals surface area contributed by atoms with E-state index in [0.29, 0.717) is 0 Å².